The molecule has 0 atom stereocenters. The highest BCUT2D eigenvalue weighted by atomic mass is 32.1. The first kappa shape index (κ1) is 20.4. The molecule has 142 valence electrons. The fraction of sp³-hybridized carbons (Fsp3) is 0.632. The number of nitriles is 1. The minimum absolute atomic E-state index is 0.0405. The second-order valence-electron chi connectivity index (χ2n) is 7.64. The van der Waals surface area contributed by atoms with Crippen molar-refractivity contribution in [2.75, 3.05) is 25.0 Å². The number of carbonyl (C=O) groups excluding carboxylic acids is 2. The van der Waals surface area contributed by atoms with Crippen LogP contribution in [-0.4, -0.2) is 41.9 Å². The second-order valence-corrected chi connectivity index (χ2v) is 8.74. The topological polar surface area (TPSA) is 85.2 Å². The number of carbonyl (C=O) groups is 2. The predicted octanol–water partition coefficient (Wildman–Crippen LogP) is 2.67. The summed E-state index contributed by atoms with van der Waals surface area (Å²) in [7, 11) is 0. The van der Waals surface area contributed by atoms with E-state index in [0.29, 0.717) is 30.1 Å². The van der Waals surface area contributed by atoms with E-state index >= 15 is 0 Å². The standard InChI is InChI=1S/C19H28N4O2S/c1-5-23(12-17(25)22-19(2,3)4)10-9-16(24)21-18-14(11-20)13-7-6-8-15(13)26-18/h5-10,12H2,1-4H3,(H,21,24)(H,22,25). The minimum atomic E-state index is -0.263. The van der Waals surface area contributed by atoms with E-state index in [1.807, 2.05) is 32.6 Å². The molecular formula is C19H28N4O2S. The number of thiophene rings is 1. The highest BCUT2D eigenvalue weighted by Crippen LogP contribution is 2.38. The van der Waals surface area contributed by atoms with Gasteiger partial charge in [-0.25, -0.2) is 0 Å². The zero-order valence-electron chi connectivity index (χ0n) is 16.1. The van der Waals surface area contributed by atoms with Gasteiger partial charge in [-0.1, -0.05) is 6.92 Å². The quantitative estimate of drug-likeness (QED) is 0.766. The number of likely N-dealkylation sites (N-methyl/N-ethyl adjacent to an activating group) is 1. The van der Waals surface area contributed by atoms with E-state index in [1.54, 1.807) is 0 Å². The molecule has 6 nitrogen and oxygen atoms in total. The molecule has 0 aliphatic heterocycles. The van der Waals surface area contributed by atoms with Crippen molar-refractivity contribution >= 4 is 28.2 Å². The van der Waals surface area contributed by atoms with Gasteiger partial charge in [0, 0.05) is 23.4 Å². The van der Waals surface area contributed by atoms with Crippen molar-refractivity contribution in [2.24, 2.45) is 0 Å². The van der Waals surface area contributed by atoms with Crippen LogP contribution in [0.3, 0.4) is 0 Å². The summed E-state index contributed by atoms with van der Waals surface area (Å²) in [5, 5.41) is 15.9. The molecule has 0 aromatic carbocycles. The van der Waals surface area contributed by atoms with Gasteiger partial charge >= 0.3 is 0 Å². The molecule has 1 aliphatic rings. The summed E-state index contributed by atoms with van der Waals surface area (Å²) >= 11 is 1.53. The summed E-state index contributed by atoms with van der Waals surface area (Å²) < 4.78 is 0. The Balaban J connectivity index is 1.86. The first-order valence-electron chi connectivity index (χ1n) is 9.11. The van der Waals surface area contributed by atoms with Crippen LogP contribution in [0.25, 0.3) is 0 Å². The number of nitrogens with one attached hydrogen (secondary N) is 2. The van der Waals surface area contributed by atoms with Gasteiger partial charge in [0.05, 0.1) is 12.1 Å². The maximum atomic E-state index is 12.3. The summed E-state index contributed by atoms with van der Waals surface area (Å²) in [6.45, 7) is 9.28. The first-order valence-corrected chi connectivity index (χ1v) is 9.93. The molecule has 0 unspecified atom stereocenters. The van der Waals surface area contributed by atoms with Crippen LogP contribution in [0.1, 0.15) is 56.5 Å². The molecule has 7 heteroatoms. The van der Waals surface area contributed by atoms with Crippen molar-refractivity contribution in [3.63, 3.8) is 0 Å². The molecule has 0 saturated heterocycles. The first-order chi connectivity index (χ1) is 12.2. The van der Waals surface area contributed by atoms with Crippen LogP contribution in [-0.2, 0) is 22.4 Å². The number of aryl methyl sites for hydroxylation is 1. The molecule has 1 heterocycles. The van der Waals surface area contributed by atoms with Crippen molar-refractivity contribution in [1.29, 1.82) is 5.26 Å². The van der Waals surface area contributed by atoms with Crippen molar-refractivity contribution < 1.29 is 9.59 Å². The monoisotopic (exact) mass is 376 g/mol. The molecule has 26 heavy (non-hydrogen) atoms. The van der Waals surface area contributed by atoms with E-state index in [-0.39, 0.29) is 23.9 Å². The van der Waals surface area contributed by atoms with Crippen LogP contribution in [0.15, 0.2) is 0 Å². The van der Waals surface area contributed by atoms with Gasteiger partial charge in [-0.15, -0.1) is 11.3 Å². The molecule has 1 aromatic heterocycles. The third-order valence-corrected chi connectivity index (χ3v) is 5.48. The maximum absolute atomic E-state index is 12.3. The number of hydrogen-bond donors (Lipinski definition) is 2. The Morgan fingerprint density at radius 2 is 2.00 bits per heavy atom. The number of amides is 2. The molecule has 2 rings (SSSR count). The van der Waals surface area contributed by atoms with Gasteiger partial charge in [0.25, 0.3) is 0 Å². The van der Waals surface area contributed by atoms with Crippen LogP contribution in [0, 0.1) is 11.3 Å². The van der Waals surface area contributed by atoms with Crippen molar-refractivity contribution in [2.45, 2.75) is 58.9 Å². The molecule has 0 radical (unpaired) electrons. The lowest BCUT2D eigenvalue weighted by atomic mass is 10.1. The molecular weight excluding hydrogens is 348 g/mol. The Morgan fingerprint density at radius 3 is 2.62 bits per heavy atom. The Morgan fingerprint density at radius 1 is 1.27 bits per heavy atom. The summed E-state index contributed by atoms with van der Waals surface area (Å²) in [6, 6.07) is 2.24. The number of anilines is 1. The lowest BCUT2D eigenvalue weighted by Gasteiger charge is -2.24. The molecule has 1 aromatic rings. The van der Waals surface area contributed by atoms with Crippen molar-refractivity contribution in [3.05, 3.63) is 16.0 Å². The summed E-state index contributed by atoms with van der Waals surface area (Å²) in [4.78, 5) is 27.5. The van der Waals surface area contributed by atoms with Gasteiger partial charge in [-0.05, 0) is 52.1 Å². The van der Waals surface area contributed by atoms with Gasteiger partial charge in [-0.3, -0.25) is 14.5 Å². The van der Waals surface area contributed by atoms with E-state index in [2.05, 4.69) is 16.7 Å². The molecule has 1 aliphatic carbocycles. The van der Waals surface area contributed by atoms with E-state index in [1.165, 1.54) is 16.2 Å². The van der Waals surface area contributed by atoms with E-state index in [9.17, 15) is 14.9 Å². The third kappa shape index (κ3) is 5.55. The van der Waals surface area contributed by atoms with Crippen LogP contribution in [0.5, 0.6) is 0 Å². The molecule has 0 bridgehead atoms. The van der Waals surface area contributed by atoms with Gasteiger partial charge in [-0.2, -0.15) is 5.26 Å². The van der Waals surface area contributed by atoms with E-state index < -0.39 is 0 Å². The molecule has 2 amide bonds. The van der Waals surface area contributed by atoms with E-state index in [4.69, 9.17) is 0 Å². The Bertz CT molecular complexity index is 712. The van der Waals surface area contributed by atoms with Crippen LogP contribution >= 0.6 is 11.3 Å². The summed E-state index contributed by atoms with van der Waals surface area (Å²) in [5.74, 6) is -0.155. The summed E-state index contributed by atoms with van der Waals surface area (Å²) in [6.07, 6.45) is 3.31. The molecule has 2 N–H and O–H groups in total. The fourth-order valence-electron chi connectivity index (χ4n) is 3.07. The van der Waals surface area contributed by atoms with Gasteiger partial charge in [0.15, 0.2) is 0 Å². The van der Waals surface area contributed by atoms with E-state index in [0.717, 1.165) is 24.8 Å². The normalized spacial score (nSPS) is 13.4. The average Bonchev–Trinajstić information content (AvgIpc) is 3.09. The predicted molar refractivity (Wildman–Crippen MR) is 104 cm³/mol. The highest BCUT2D eigenvalue weighted by molar-refractivity contribution is 7.16. The van der Waals surface area contributed by atoms with Gasteiger partial charge in [0.2, 0.25) is 11.8 Å². The third-order valence-electron chi connectivity index (χ3n) is 4.27. The van der Waals surface area contributed by atoms with Gasteiger partial charge in [0.1, 0.15) is 11.1 Å². The smallest absolute Gasteiger partial charge is 0.234 e. The zero-order valence-corrected chi connectivity index (χ0v) is 16.9. The van der Waals surface area contributed by atoms with Crippen molar-refractivity contribution in [3.8, 4) is 6.07 Å². The maximum Gasteiger partial charge on any atom is 0.234 e. The lowest BCUT2D eigenvalue weighted by Crippen LogP contribution is -2.46. The number of fused-ring (bicyclic) bond motifs is 1. The second kappa shape index (κ2) is 8.65. The number of hydrogen-bond acceptors (Lipinski definition) is 5. The minimum Gasteiger partial charge on any atom is -0.350 e. The average molecular weight is 377 g/mol. The Kier molecular flexibility index (Phi) is 6.79. The zero-order chi connectivity index (χ0) is 19.3. The summed E-state index contributed by atoms with van der Waals surface area (Å²) in [5.41, 5.74) is 1.48. The highest BCUT2D eigenvalue weighted by Gasteiger charge is 2.23. The van der Waals surface area contributed by atoms with Crippen molar-refractivity contribution in [1.82, 2.24) is 10.2 Å². The van der Waals surface area contributed by atoms with Crippen LogP contribution < -0.4 is 10.6 Å². The molecule has 0 fully saturated rings. The SMILES string of the molecule is CCN(CCC(=O)Nc1sc2c(c1C#N)CCC2)CC(=O)NC(C)(C)C. The Hall–Kier alpha value is -1.91. The molecule has 0 saturated carbocycles. The Labute approximate surface area is 159 Å². The van der Waals surface area contributed by atoms with Crippen LogP contribution in [0.4, 0.5) is 5.00 Å². The van der Waals surface area contributed by atoms with Crippen LogP contribution in [0.2, 0.25) is 0 Å². The van der Waals surface area contributed by atoms with Gasteiger partial charge < -0.3 is 10.6 Å². The largest absolute Gasteiger partial charge is 0.350 e. The lowest BCUT2D eigenvalue weighted by molar-refractivity contribution is -0.124. The molecule has 0 spiro atoms. The fourth-order valence-corrected chi connectivity index (χ4v) is 4.33. The number of nitrogens with zero attached hydrogens (tertiary/aromatic N) is 2. The number of rotatable bonds is 7.